The van der Waals surface area contributed by atoms with Crippen LogP contribution in [-0.4, -0.2) is 30.7 Å². The Morgan fingerprint density at radius 1 is 1.24 bits per heavy atom. The number of sulfone groups is 1. The number of benzene rings is 1. The van der Waals surface area contributed by atoms with Crippen LogP contribution in [0.5, 0.6) is 0 Å². The predicted molar refractivity (Wildman–Crippen MR) is 85.3 cm³/mol. The highest BCUT2D eigenvalue weighted by Gasteiger charge is 2.32. The Bertz CT molecular complexity index is 610. The third kappa shape index (κ3) is 3.93. The molecule has 118 valence electrons. The minimum atomic E-state index is -3.21. The average molecular weight is 329 g/mol. The van der Waals surface area contributed by atoms with Crippen molar-refractivity contribution >= 4 is 20.6 Å². The number of rotatable bonds is 4. The molecule has 4 nitrogen and oxygen atoms in total. The van der Waals surface area contributed by atoms with Gasteiger partial charge in [0, 0.05) is 16.4 Å². The quantitative estimate of drug-likeness (QED) is 0.916. The zero-order valence-electron chi connectivity index (χ0n) is 12.5. The highest BCUT2D eigenvalue weighted by atomic mass is 32.2. The van der Waals surface area contributed by atoms with Crippen molar-refractivity contribution in [2.75, 3.05) is 12.8 Å². The van der Waals surface area contributed by atoms with E-state index in [9.17, 15) is 12.6 Å². The molecule has 1 saturated carbocycles. The third-order valence-electron chi connectivity index (χ3n) is 4.25. The van der Waals surface area contributed by atoms with E-state index < -0.39 is 20.6 Å². The van der Waals surface area contributed by atoms with Crippen molar-refractivity contribution < 1.29 is 12.6 Å². The lowest BCUT2D eigenvalue weighted by Crippen LogP contribution is -2.36. The van der Waals surface area contributed by atoms with Crippen molar-refractivity contribution in [1.29, 1.82) is 0 Å². The van der Waals surface area contributed by atoms with E-state index in [-0.39, 0.29) is 16.1 Å². The average Bonchev–Trinajstić information content (AvgIpc) is 2.45. The van der Waals surface area contributed by atoms with Crippen molar-refractivity contribution in [3.05, 3.63) is 24.3 Å². The summed E-state index contributed by atoms with van der Waals surface area (Å²) in [5.41, 5.74) is 5.82. The Morgan fingerprint density at radius 2 is 1.86 bits per heavy atom. The van der Waals surface area contributed by atoms with E-state index in [1.54, 1.807) is 12.1 Å². The van der Waals surface area contributed by atoms with E-state index in [1.165, 1.54) is 18.4 Å². The van der Waals surface area contributed by atoms with Gasteiger partial charge >= 0.3 is 0 Å². The van der Waals surface area contributed by atoms with Gasteiger partial charge in [0.2, 0.25) is 0 Å². The summed E-state index contributed by atoms with van der Waals surface area (Å²) in [6.07, 6.45) is 4.26. The van der Waals surface area contributed by atoms with Gasteiger partial charge in [0.15, 0.2) is 9.84 Å². The summed E-state index contributed by atoms with van der Waals surface area (Å²) < 4.78 is 35.7. The molecule has 1 fully saturated rings. The molecule has 0 amide bonds. The molecule has 2 N–H and O–H groups in total. The Kier molecular flexibility index (Phi) is 5.22. The summed E-state index contributed by atoms with van der Waals surface area (Å²) in [5, 5.41) is 0.0721. The van der Waals surface area contributed by atoms with Gasteiger partial charge in [-0.1, -0.05) is 13.3 Å². The zero-order chi connectivity index (χ0) is 15.6. The fourth-order valence-electron chi connectivity index (χ4n) is 2.92. The second-order valence-corrected chi connectivity index (χ2v) is 9.68. The van der Waals surface area contributed by atoms with Gasteiger partial charge in [-0.2, -0.15) is 0 Å². The summed E-state index contributed by atoms with van der Waals surface area (Å²) in [6, 6.07) is 6.40. The first-order valence-electron chi connectivity index (χ1n) is 7.23. The SMILES string of the molecule is CC1CCC(CN)C(S(=O)c2ccc(S(C)(=O)=O)cc2)C1. The fourth-order valence-corrected chi connectivity index (χ4v) is 5.40. The molecule has 4 atom stereocenters. The summed E-state index contributed by atoms with van der Waals surface area (Å²) in [4.78, 5) is 0.954. The van der Waals surface area contributed by atoms with E-state index in [4.69, 9.17) is 5.73 Å². The lowest BCUT2D eigenvalue weighted by atomic mass is 9.82. The Labute approximate surface area is 129 Å². The second-order valence-electron chi connectivity index (χ2n) is 5.99. The lowest BCUT2D eigenvalue weighted by molar-refractivity contribution is 0.302. The molecule has 6 heteroatoms. The highest BCUT2D eigenvalue weighted by molar-refractivity contribution is 7.90. The standard InChI is InChI=1S/C15H23NO3S2/c1-11-3-4-12(10-16)15(9-11)20(17)13-5-7-14(8-6-13)21(2,18)19/h5-8,11-12,15H,3-4,9-10,16H2,1-2H3. The number of hydrogen-bond acceptors (Lipinski definition) is 4. The Balaban J connectivity index is 2.22. The zero-order valence-corrected chi connectivity index (χ0v) is 14.1. The molecule has 21 heavy (non-hydrogen) atoms. The summed E-state index contributed by atoms with van der Waals surface area (Å²) in [6.45, 7) is 2.74. The van der Waals surface area contributed by atoms with Gasteiger partial charge < -0.3 is 5.73 Å². The van der Waals surface area contributed by atoms with Crippen molar-refractivity contribution in [3.8, 4) is 0 Å². The van der Waals surface area contributed by atoms with E-state index in [1.807, 2.05) is 0 Å². The van der Waals surface area contributed by atoms with Gasteiger partial charge in [0.1, 0.15) is 0 Å². The van der Waals surface area contributed by atoms with Crippen molar-refractivity contribution in [2.45, 2.75) is 41.2 Å². The monoisotopic (exact) mass is 329 g/mol. The van der Waals surface area contributed by atoms with Gasteiger partial charge in [0.05, 0.1) is 15.7 Å². The minimum absolute atomic E-state index is 0.0721. The molecular weight excluding hydrogens is 306 g/mol. The largest absolute Gasteiger partial charge is 0.330 e. The van der Waals surface area contributed by atoms with Crippen LogP contribution in [0, 0.1) is 11.8 Å². The van der Waals surface area contributed by atoms with Crippen molar-refractivity contribution in [3.63, 3.8) is 0 Å². The molecule has 0 bridgehead atoms. The predicted octanol–water partition coefficient (Wildman–Crippen LogP) is 1.96. The van der Waals surface area contributed by atoms with Gasteiger partial charge in [0.25, 0.3) is 0 Å². The molecule has 2 rings (SSSR count). The Hall–Kier alpha value is -0.720. The summed E-state index contributed by atoms with van der Waals surface area (Å²) in [5.74, 6) is 0.855. The number of nitrogens with two attached hydrogens (primary N) is 1. The first kappa shape index (κ1) is 16.6. The van der Waals surface area contributed by atoms with Crippen LogP contribution in [0.25, 0.3) is 0 Å². The molecule has 0 heterocycles. The first-order valence-corrected chi connectivity index (χ1v) is 10.3. The van der Waals surface area contributed by atoms with Gasteiger partial charge in [-0.05, 0) is 55.5 Å². The maximum absolute atomic E-state index is 12.8. The molecule has 0 aliphatic heterocycles. The molecule has 0 spiro atoms. The first-order chi connectivity index (χ1) is 9.82. The van der Waals surface area contributed by atoms with Gasteiger partial charge in [-0.25, -0.2) is 8.42 Å². The van der Waals surface area contributed by atoms with Crippen molar-refractivity contribution in [2.24, 2.45) is 17.6 Å². The van der Waals surface area contributed by atoms with Crippen LogP contribution >= 0.6 is 0 Å². The van der Waals surface area contributed by atoms with Crippen LogP contribution in [0.1, 0.15) is 26.2 Å². The molecule has 0 radical (unpaired) electrons. The molecule has 1 aromatic rings. The smallest absolute Gasteiger partial charge is 0.175 e. The van der Waals surface area contributed by atoms with Gasteiger partial charge in [-0.15, -0.1) is 0 Å². The summed E-state index contributed by atoms with van der Waals surface area (Å²) >= 11 is 0. The maximum Gasteiger partial charge on any atom is 0.175 e. The molecule has 0 saturated heterocycles. The summed E-state index contributed by atoms with van der Waals surface area (Å²) in [7, 11) is -4.34. The lowest BCUT2D eigenvalue weighted by Gasteiger charge is -2.33. The van der Waals surface area contributed by atoms with E-state index in [0.717, 1.165) is 19.3 Å². The van der Waals surface area contributed by atoms with E-state index in [2.05, 4.69) is 6.92 Å². The fraction of sp³-hybridized carbons (Fsp3) is 0.600. The van der Waals surface area contributed by atoms with Gasteiger partial charge in [-0.3, -0.25) is 4.21 Å². The minimum Gasteiger partial charge on any atom is -0.330 e. The normalized spacial score (nSPS) is 28.2. The van der Waals surface area contributed by atoms with E-state index in [0.29, 0.717) is 17.4 Å². The topological polar surface area (TPSA) is 77.2 Å². The van der Waals surface area contributed by atoms with Crippen LogP contribution in [0.15, 0.2) is 34.1 Å². The van der Waals surface area contributed by atoms with Crippen LogP contribution in [0.3, 0.4) is 0 Å². The Morgan fingerprint density at radius 3 is 2.38 bits per heavy atom. The van der Waals surface area contributed by atoms with Crippen LogP contribution in [0.4, 0.5) is 0 Å². The number of hydrogen-bond donors (Lipinski definition) is 1. The molecule has 1 aliphatic carbocycles. The van der Waals surface area contributed by atoms with Crippen LogP contribution in [-0.2, 0) is 20.6 Å². The molecule has 4 unspecified atom stereocenters. The maximum atomic E-state index is 12.8. The second kappa shape index (κ2) is 6.58. The van der Waals surface area contributed by atoms with E-state index >= 15 is 0 Å². The van der Waals surface area contributed by atoms with Crippen molar-refractivity contribution in [1.82, 2.24) is 0 Å². The molecular formula is C15H23NO3S2. The molecule has 1 aliphatic rings. The van der Waals surface area contributed by atoms with Crippen LogP contribution < -0.4 is 5.73 Å². The van der Waals surface area contributed by atoms with Crippen LogP contribution in [0.2, 0.25) is 0 Å². The highest BCUT2D eigenvalue weighted by Crippen LogP contribution is 2.33. The third-order valence-corrected chi connectivity index (χ3v) is 7.25. The molecule has 0 aromatic heterocycles. The molecule has 1 aromatic carbocycles.